The molecule has 4 aromatic rings. The number of hydrogen-bond acceptors (Lipinski definition) is 6. The van der Waals surface area contributed by atoms with Crippen LogP contribution in [0.15, 0.2) is 42.6 Å². The van der Waals surface area contributed by atoms with Crippen molar-refractivity contribution in [3.05, 3.63) is 59.7 Å². The number of nitrogens with one attached hydrogen (secondary N) is 2. The molecule has 0 atom stereocenters. The highest BCUT2D eigenvalue weighted by molar-refractivity contribution is 5.91. The van der Waals surface area contributed by atoms with Crippen molar-refractivity contribution in [1.29, 1.82) is 0 Å². The Morgan fingerprint density at radius 3 is 2.32 bits per heavy atom. The Morgan fingerprint density at radius 1 is 1.03 bits per heavy atom. The van der Waals surface area contributed by atoms with Gasteiger partial charge in [0.25, 0.3) is 0 Å². The normalized spacial score (nSPS) is 12.0. The molecule has 8 nitrogen and oxygen atoms in total. The summed E-state index contributed by atoms with van der Waals surface area (Å²) in [6, 6.07) is 8.72. The fraction of sp³-hybridized carbons (Fsp3) is 0.280. The molecule has 37 heavy (non-hydrogen) atoms. The molecule has 2 heterocycles. The molecule has 0 aliphatic heterocycles. The maximum atomic E-state index is 14.8. The van der Waals surface area contributed by atoms with Gasteiger partial charge in [0.05, 0.1) is 49.3 Å². The van der Waals surface area contributed by atoms with E-state index in [-0.39, 0.29) is 23.5 Å². The Labute approximate surface area is 209 Å². The number of carbonyl (C=O) groups is 1. The Hall–Kier alpha value is -4.22. The highest BCUT2D eigenvalue weighted by atomic mass is 19.4. The van der Waals surface area contributed by atoms with Crippen LogP contribution in [0.2, 0.25) is 0 Å². The number of anilines is 1. The van der Waals surface area contributed by atoms with Crippen LogP contribution in [0.4, 0.5) is 23.4 Å². The molecule has 4 rings (SSSR count). The molecule has 0 radical (unpaired) electrons. The molecule has 2 aromatic carbocycles. The summed E-state index contributed by atoms with van der Waals surface area (Å²) in [6.07, 6.45) is -3.38. The summed E-state index contributed by atoms with van der Waals surface area (Å²) in [5, 5.41) is 8.44. The molecule has 0 aliphatic carbocycles. The summed E-state index contributed by atoms with van der Waals surface area (Å²) in [5.74, 6) is -0.321. The van der Waals surface area contributed by atoms with Gasteiger partial charge in [0.2, 0.25) is 5.91 Å². The third-order valence-corrected chi connectivity index (χ3v) is 5.95. The molecule has 0 saturated carbocycles. The number of ether oxygens (including phenoxy) is 2. The quantitative estimate of drug-likeness (QED) is 0.327. The second kappa shape index (κ2) is 9.68. The number of methoxy groups -OCH3 is 2. The zero-order valence-corrected chi connectivity index (χ0v) is 20.3. The lowest BCUT2D eigenvalue weighted by molar-refractivity contribution is -0.181. The van der Waals surface area contributed by atoms with E-state index in [1.807, 2.05) is 0 Å². The van der Waals surface area contributed by atoms with Crippen LogP contribution in [-0.4, -0.2) is 46.5 Å². The SMILES string of the molecule is COc1cc2ncc(-c3ccc(CC(=O)Nc4cc(C(C)(C)C(F)(F)F)n[nH]4)c(F)c3)nc2cc1OC. The molecule has 1 amide bonds. The number of amides is 1. The molecule has 0 saturated heterocycles. The summed E-state index contributed by atoms with van der Waals surface area (Å²) < 4.78 is 65.1. The maximum absolute atomic E-state index is 14.8. The van der Waals surface area contributed by atoms with Crippen molar-refractivity contribution in [1.82, 2.24) is 20.2 Å². The van der Waals surface area contributed by atoms with Gasteiger partial charge in [-0.1, -0.05) is 12.1 Å². The molecule has 12 heteroatoms. The van der Waals surface area contributed by atoms with E-state index < -0.39 is 23.3 Å². The van der Waals surface area contributed by atoms with Crippen LogP contribution in [0.5, 0.6) is 11.5 Å². The van der Waals surface area contributed by atoms with Crippen molar-refractivity contribution < 1.29 is 31.8 Å². The second-order valence-electron chi connectivity index (χ2n) is 8.77. The minimum Gasteiger partial charge on any atom is -0.493 e. The number of halogens is 4. The van der Waals surface area contributed by atoms with E-state index in [1.54, 1.807) is 18.2 Å². The number of aromatic amines is 1. The number of carbonyl (C=O) groups excluding carboxylic acids is 1. The number of nitrogens with zero attached hydrogens (tertiary/aromatic N) is 3. The fourth-order valence-corrected chi connectivity index (χ4v) is 3.55. The van der Waals surface area contributed by atoms with Gasteiger partial charge < -0.3 is 14.8 Å². The first-order valence-electron chi connectivity index (χ1n) is 11.0. The van der Waals surface area contributed by atoms with Crippen molar-refractivity contribution in [3.8, 4) is 22.8 Å². The van der Waals surface area contributed by atoms with E-state index in [0.717, 1.165) is 19.9 Å². The molecular formula is C25H23F4N5O3. The molecule has 2 N–H and O–H groups in total. The van der Waals surface area contributed by atoms with E-state index in [0.29, 0.717) is 33.8 Å². The van der Waals surface area contributed by atoms with E-state index in [9.17, 15) is 22.4 Å². The van der Waals surface area contributed by atoms with Crippen LogP contribution in [0, 0.1) is 5.82 Å². The molecule has 0 aliphatic rings. The predicted molar refractivity (Wildman–Crippen MR) is 128 cm³/mol. The van der Waals surface area contributed by atoms with Crippen LogP contribution in [0.3, 0.4) is 0 Å². The van der Waals surface area contributed by atoms with Crippen molar-refractivity contribution in [3.63, 3.8) is 0 Å². The van der Waals surface area contributed by atoms with Crippen molar-refractivity contribution in [2.45, 2.75) is 31.9 Å². The van der Waals surface area contributed by atoms with E-state index >= 15 is 0 Å². The van der Waals surface area contributed by atoms with Gasteiger partial charge in [0, 0.05) is 23.8 Å². The van der Waals surface area contributed by atoms with Gasteiger partial charge in [-0.25, -0.2) is 9.37 Å². The second-order valence-corrected chi connectivity index (χ2v) is 8.77. The predicted octanol–water partition coefficient (Wildman–Crippen LogP) is 5.20. The number of rotatable bonds is 7. The number of benzene rings is 2. The summed E-state index contributed by atoms with van der Waals surface area (Å²) in [4.78, 5) is 21.3. The smallest absolute Gasteiger partial charge is 0.399 e. The van der Waals surface area contributed by atoms with Crippen molar-refractivity contribution in [2.75, 3.05) is 19.5 Å². The topological polar surface area (TPSA) is 102 Å². The third kappa shape index (κ3) is 5.18. The largest absolute Gasteiger partial charge is 0.493 e. The highest BCUT2D eigenvalue weighted by Crippen LogP contribution is 2.40. The van der Waals surface area contributed by atoms with Gasteiger partial charge in [-0.2, -0.15) is 18.3 Å². The van der Waals surface area contributed by atoms with Crippen LogP contribution >= 0.6 is 0 Å². The summed E-state index contributed by atoms with van der Waals surface area (Å²) >= 11 is 0. The minimum atomic E-state index is -4.53. The molecular weight excluding hydrogens is 494 g/mol. The molecule has 0 unspecified atom stereocenters. The van der Waals surface area contributed by atoms with Gasteiger partial charge in [0.15, 0.2) is 11.5 Å². The third-order valence-electron chi connectivity index (χ3n) is 5.95. The molecule has 194 valence electrons. The van der Waals surface area contributed by atoms with Gasteiger partial charge in [-0.05, 0) is 25.5 Å². The average Bonchev–Trinajstić information content (AvgIpc) is 3.32. The number of H-pyrrole nitrogens is 1. The summed E-state index contributed by atoms with van der Waals surface area (Å²) in [7, 11) is 3.01. The molecule has 0 fully saturated rings. The molecule has 2 aromatic heterocycles. The first-order chi connectivity index (χ1) is 17.4. The van der Waals surface area contributed by atoms with E-state index in [4.69, 9.17) is 9.47 Å². The summed E-state index contributed by atoms with van der Waals surface area (Å²) in [5.41, 5.74) is -0.458. The lowest BCUT2D eigenvalue weighted by atomic mass is 9.89. The van der Waals surface area contributed by atoms with Crippen LogP contribution in [0.1, 0.15) is 25.1 Å². The zero-order valence-electron chi connectivity index (χ0n) is 20.3. The Balaban J connectivity index is 1.49. The number of alkyl halides is 3. The monoisotopic (exact) mass is 517 g/mol. The zero-order chi connectivity index (χ0) is 27.0. The Bertz CT molecular complexity index is 1470. The fourth-order valence-electron chi connectivity index (χ4n) is 3.55. The Kier molecular flexibility index (Phi) is 6.76. The minimum absolute atomic E-state index is 0.0205. The van der Waals surface area contributed by atoms with Gasteiger partial charge >= 0.3 is 6.18 Å². The van der Waals surface area contributed by atoms with Gasteiger partial charge in [0.1, 0.15) is 17.1 Å². The first-order valence-corrected chi connectivity index (χ1v) is 11.0. The van der Waals surface area contributed by atoms with E-state index in [2.05, 4.69) is 25.5 Å². The van der Waals surface area contributed by atoms with Crippen molar-refractivity contribution >= 4 is 22.8 Å². The maximum Gasteiger partial charge on any atom is 0.399 e. The standard InChI is InChI=1S/C25H23F4N5O3/c1-24(2,25(27,28)29)21-11-22(34-33-21)32-23(35)8-13-5-6-14(7-15(13)26)18-12-30-16-9-19(36-3)20(37-4)10-17(16)31-18/h5-7,9-12H,8H2,1-4H3,(H2,32,33,34,35). The van der Waals surface area contributed by atoms with Gasteiger partial charge in [-0.15, -0.1) is 0 Å². The molecule has 0 spiro atoms. The lowest BCUT2D eigenvalue weighted by Crippen LogP contribution is -2.36. The van der Waals surface area contributed by atoms with Crippen LogP contribution < -0.4 is 14.8 Å². The first kappa shape index (κ1) is 25.9. The van der Waals surface area contributed by atoms with Crippen molar-refractivity contribution in [2.24, 2.45) is 0 Å². The van der Waals surface area contributed by atoms with E-state index in [1.165, 1.54) is 32.5 Å². The number of hydrogen-bond donors (Lipinski definition) is 2. The Morgan fingerprint density at radius 2 is 1.70 bits per heavy atom. The van der Waals surface area contributed by atoms with Crippen LogP contribution in [-0.2, 0) is 16.6 Å². The van der Waals surface area contributed by atoms with Crippen LogP contribution in [0.25, 0.3) is 22.3 Å². The summed E-state index contributed by atoms with van der Waals surface area (Å²) in [6.45, 7) is 1.97. The van der Waals surface area contributed by atoms with Gasteiger partial charge in [-0.3, -0.25) is 14.9 Å². The highest BCUT2D eigenvalue weighted by Gasteiger charge is 2.50. The molecule has 0 bridgehead atoms. The average molecular weight is 517 g/mol. The lowest BCUT2D eigenvalue weighted by Gasteiger charge is -2.25. The number of fused-ring (bicyclic) bond motifs is 1. The number of aromatic nitrogens is 4.